The van der Waals surface area contributed by atoms with Gasteiger partial charge in [-0.1, -0.05) is 45.0 Å². The summed E-state index contributed by atoms with van der Waals surface area (Å²) in [5, 5.41) is 3.33. The van der Waals surface area contributed by atoms with Crippen LogP contribution in [0.2, 0.25) is 0 Å². The van der Waals surface area contributed by atoms with Gasteiger partial charge in [0.1, 0.15) is 9.84 Å². The Morgan fingerprint density at radius 1 is 1.15 bits per heavy atom. The van der Waals surface area contributed by atoms with Gasteiger partial charge in [0.25, 0.3) is 0 Å². The summed E-state index contributed by atoms with van der Waals surface area (Å²) in [6, 6.07) is 8.49. The highest BCUT2D eigenvalue weighted by Gasteiger charge is 2.15. The maximum absolute atomic E-state index is 11.5. The zero-order chi connectivity index (χ0) is 15.2. The summed E-state index contributed by atoms with van der Waals surface area (Å²) in [5.74, 6) is 0.716. The Morgan fingerprint density at radius 3 is 2.20 bits per heavy atom. The van der Waals surface area contributed by atoms with Crippen molar-refractivity contribution in [2.75, 3.05) is 18.6 Å². The summed E-state index contributed by atoms with van der Waals surface area (Å²) >= 11 is 0. The Kier molecular flexibility index (Phi) is 6.69. The molecule has 1 aromatic carbocycles. The molecule has 1 unspecified atom stereocenters. The molecule has 4 heteroatoms. The third-order valence-corrected chi connectivity index (χ3v) is 4.32. The van der Waals surface area contributed by atoms with Gasteiger partial charge in [0.15, 0.2) is 0 Å². The first kappa shape index (κ1) is 17.2. The lowest BCUT2D eigenvalue weighted by Gasteiger charge is -2.18. The van der Waals surface area contributed by atoms with Crippen molar-refractivity contribution in [2.45, 2.75) is 45.6 Å². The van der Waals surface area contributed by atoms with Crippen LogP contribution >= 0.6 is 0 Å². The lowest BCUT2D eigenvalue weighted by atomic mass is 9.99. The van der Waals surface area contributed by atoms with Crippen molar-refractivity contribution in [1.82, 2.24) is 5.32 Å². The Hall–Kier alpha value is -0.870. The topological polar surface area (TPSA) is 46.2 Å². The molecular weight excluding hydrogens is 270 g/mol. The van der Waals surface area contributed by atoms with E-state index >= 15 is 0 Å². The number of hydrogen-bond donors (Lipinski definition) is 1. The molecule has 0 saturated carbocycles. The van der Waals surface area contributed by atoms with Gasteiger partial charge >= 0.3 is 0 Å². The highest BCUT2D eigenvalue weighted by molar-refractivity contribution is 7.90. The summed E-state index contributed by atoms with van der Waals surface area (Å²) in [5.41, 5.74) is 2.50. The molecule has 1 rings (SSSR count). The molecule has 114 valence electrons. The van der Waals surface area contributed by atoms with E-state index in [0.717, 1.165) is 19.4 Å². The fraction of sp³-hybridized carbons (Fsp3) is 0.625. The van der Waals surface area contributed by atoms with Crippen LogP contribution in [0.25, 0.3) is 0 Å². The van der Waals surface area contributed by atoms with E-state index in [0.29, 0.717) is 5.92 Å². The summed E-state index contributed by atoms with van der Waals surface area (Å²) in [6.45, 7) is 7.28. The number of hydrogen-bond acceptors (Lipinski definition) is 3. The minimum absolute atomic E-state index is 0.00477. The molecule has 3 nitrogen and oxygen atoms in total. The largest absolute Gasteiger partial charge is 0.313 e. The smallest absolute Gasteiger partial charge is 0.148 e. The van der Waals surface area contributed by atoms with Crippen LogP contribution in [-0.2, 0) is 16.3 Å². The van der Waals surface area contributed by atoms with Gasteiger partial charge in [0.2, 0.25) is 0 Å². The molecule has 0 aromatic heterocycles. The van der Waals surface area contributed by atoms with Gasteiger partial charge in [0, 0.05) is 12.3 Å². The van der Waals surface area contributed by atoms with Crippen LogP contribution in [0.15, 0.2) is 24.3 Å². The zero-order valence-electron chi connectivity index (χ0n) is 13.0. The first-order valence-electron chi connectivity index (χ1n) is 7.31. The molecular formula is C16H27NO2S. The predicted octanol–water partition coefficient (Wildman–Crippen LogP) is 2.77. The van der Waals surface area contributed by atoms with Gasteiger partial charge in [-0.3, -0.25) is 0 Å². The average molecular weight is 297 g/mol. The lowest BCUT2D eigenvalue weighted by molar-refractivity contribution is 0.530. The maximum Gasteiger partial charge on any atom is 0.148 e. The summed E-state index contributed by atoms with van der Waals surface area (Å²) < 4.78 is 23.0. The van der Waals surface area contributed by atoms with Crippen molar-refractivity contribution in [1.29, 1.82) is 0 Å². The number of sulfone groups is 1. The Morgan fingerprint density at radius 2 is 1.75 bits per heavy atom. The Labute approximate surface area is 123 Å². The predicted molar refractivity (Wildman–Crippen MR) is 86.0 cm³/mol. The third kappa shape index (κ3) is 6.53. The van der Waals surface area contributed by atoms with E-state index in [1.165, 1.54) is 17.4 Å². The maximum atomic E-state index is 11.5. The van der Waals surface area contributed by atoms with Gasteiger partial charge in [0.05, 0.1) is 5.75 Å². The van der Waals surface area contributed by atoms with E-state index in [2.05, 4.69) is 50.4 Å². The van der Waals surface area contributed by atoms with E-state index in [4.69, 9.17) is 0 Å². The average Bonchev–Trinajstić information content (AvgIpc) is 2.35. The molecule has 0 amide bonds. The molecule has 0 fully saturated rings. The van der Waals surface area contributed by atoms with Crippen molar-refractivity contribution < 1.29 is 8.42 Å². The van der Waals surface area contributed by atoms with Crippen LogP contribution in [0.3, 0.4) is 0 Å². The lowest BCUT2D eigenvalue weighted by Crippen LogP contribution is -2.37. The van der Waals surface area contributed by atoms with E-state index in [-0.39, 0.29) is 11.8 Å². The van der Waals surface area contributed by atoms with Crippen molar-refractivity contribution in [3.63, 3.8) is 0 Å². The normalized spacial score (nSPS) is 13.7. The van der Waals surface area contributed by atoms with E-state index in [1.54, 1.807) is 0 Å². The van der Waals surface area contributed by atoms with Crippen molar-refractivity contribution in [3.8, 4) is 0 Å². The van der Waals surface area contributed by atoms with Crippen molar-refractivity contribution in [2.24, 2.45) is 0 Å². The minimum Gasteiger partial charge on any atom is -0.313 e. The first-order valence-corrected chi connectivity index (χ1v) is 9.37. The van der Waals surface area contributed by atoms with E-state index < -0.39 is 9.84 Å². The van der Waals surface area contributed by atoms with Crippen LogP contribution in [0.1, 0.15) is 44.2 Å². The standard InChI is InChI=1S/C16H27NO2S/c1-5-10-17-16(12-20(4,18)19)11-14-6-8-15(9-7-14)13(2)3/h6-9,13,16-17H,5,10-12H2,1-4H3. The van der Waals surface area contributed by atoms with Gasteiger partial charge in [-0.05, 0) is 36.4 Å². The van der Waals surface area contributed by atoms with Crippen molar-refractivity contribution >= 4 is 9.84 Å². The second-order valence-corrected chi connectivity index (χ2v) is 8.03. The molecule has 0 saturated heterocycles. The Balaban J connectivity index is 2.72. The quantitative estimate of drug-likeness (QED) is 0.802. The monoisotopic (exact) mass is 297 g/mol. The number of nitrogens with one attached hydrogen (secondary N) is 1. The van der Waals surface area contributed by atoms with Gasteiger partial charge in [-0.25, -0.2) is 8.42 Å². The SMILES string of the molecule is CCCNC(Cc1ccc(C(C)C)cc1)CS(C)(=O)=O. The Bertz CT molecular complexity index is 492. The van der Waals surface area contributed by atoms with Gasteiger partial charge in [-0.15, -0.1) is 0 Å². The van der Waals surface area contributed by atoms with Gasteiger partial charge in [-0.2, -0.15) is 0 Å². The summed E-state index contributed by atoms with van der Waals surface area (Å²) in [6.07, 6.45) is 3.06. The summed E-state index contributed by atoms with van der Waals surface area (Å²) in [4.78, 5) is 0. The van der Waals surface area contributed by atoms with E-state index in [9.17, 15) is 8.42 Å². The second kappa shape index (κ2) is 7.79. The highest BCUT2D eigenvalue weighted by atomic mass is 32.2. The van der Waals surface area contributed by atoms with Crippen LogP contribution in [-0.4, -0.2) is 33.0 Å². The molecule has 0 radical (unpaired) electrons. The number of benzene rings is 1. The molecule has 0 aliphatic carbocycles. The highest BCUT2D eigenvalue weighted by Crippen LogP contribution is 2.15. The first-order chi connectivity index (χ1) is 9.31. The van der Waals surface area contributed by atoms with Gasteiger partial charge < -0.3 is 5.32 Å². The van der Waals surface area contributed by atoms with E-state index in [1.807, 2.05) is 0 Å². The molecule has 1 aromatic rings. The van der Waals surface area contributed by atoms with Crippen LogP contribution in [0, 0.1) is 0 Å². The second-order valence-electron chi connectivity index (χ2n) is 5.84. The third-order valence-electron chi connectivity index (χ3n) is 3.32. The molecule has 0 spiro atoms. The fourth-order valence-electron chi connectivity index (χ4n) is 2.23. The molecule has 0 heterocycles. The van der Waals surface area contributed by atoms with Crippen LogP contribution in [0.4, 0.5) is 0 Å². The van der Waals surface area contributed by atoms with Crippen molar-refractivity contribution in [3.05, 3.63) is 35.4 Å². The molecule has 1 atom stereocenters. The molecule has 1 N–H and O–H groups in total. The summed E-state index contributed by atoms with van der Waals surface area (Å²) in [7, 11) is -2.96. The molecule has 0 aliphatic rings. The molecule has 0 bridgehead atoms. The van der Waals surface area contributed by atoms with Crippen LogP contribution < -0.4 is 5.32 Å². The number of rotatable bonds is 8. The molecule has 0 aliphatic heterocycles. The minimum atomic E-state index is -2.96. The van der Waals surface area contributed by atoms with Crippen LogP contribution in [0.5, 0.6) is 0 Å². The zero-order valence-corrected chi connectivity index (χ0v) is 13.8. The fourth-order valence-corrected chi connectivity index (χ4v) is 3.19. The molecule has 20 heavy (non-hydrogen) atoms.